The second-order valence-corrected chi connectivity index (χ2v) is 5.88. The third kappa shape index (κ3) is 3.50. The predicted molar refractivity (Wildman–Crippen MR) is 88.5 cm³/mol. The Bertz CT molecular complexity index is 692. The first-order valence-electron chi connectivity index (χ1n) is 7.96. The van der Waals surface area contributed by atoms with Crippen molar-refractivity contribution in [3.63, 3.8) is 0 Å². The lowest BCUT2D eigenvalue weighted by Crippen LogP contribution is -2.33. The van der Waals surface area contributed by atoms with Crippen LogP contribution in [0.2, 0.25) is 0 Å². The quantitative estimate of drug-likeness (QED) is 0.942. The van der Waals surface area contributed by atoms with Crippen LogP contribution in [0, 0.1) is 6.92 Å². The summed E-state index contributed by atoms with van der Waals surface area (Å²) in [5.41, 5.74) is 2.15. The number of aryl methyl sites for hydroxylation is 1. The number of methoxy groups -OCH3 is 1. The molecule has 0 spiro atoms. The van der Waals surface area contributed by atoms with E-state index in [2.05, 4.69) is 15.3 Å². The van der Waals surface area contributed by atoms with E-state index in [-0.39, 0.29) is 5.91 Å². The summed E-state index contributed by atoms with van der Waals surface area (Å²) in [6, 6.07) is 7.85. The summed E-state index contributed by atoms with van der Waals surface area (Å²) in [7, 11) is 1.63. The van der Waals surface area contributed by atoms with Crippen LogP contribution >= 0.6 is 0 Å². The van der Waals surface area contributed by atoms with Gasteiger partial charge in [-0.3, -0.25) is 4.79 Å². The van der Waals surface area contributed by atoms with Crippen molar-refractivity contribution in [3.8, 4) is 17.1 Å². The van der Waals surface area contributed by atoms with Crippen molar-refractivity contribution in [2.24, 2.45) is 0 Å². The van der Waals surface area contributed by atoms with Gasteiger partial charge in [0.25, 0.3) is 5.91 Å². The van der Waals surface area contributed by atoms with Crippen molar-refractivity contribution >= 4 is 5.91 Å². The van der Waals surface area contributed by atoms with E-state index in [1.54, 1.807) is 13.3 Å². The van der Waals surface area contributed by atoms with Crippen molar-refractivity contribution in [2.45, 2.75) is 38.6 Å². The summed E-state index contributed by atoms with van der Waals surface area (Å²) < 4.78 is 5.15. The zero-order valence-corrected chi connectivity index (χ0v) is 13.5. The Balaban J connectivity index is 1.77. The van der Waals surface area contributed by atoms with Crippen LogP contribution in [0.25, 0.3) is 11.4 Å². The zero-order valence-electron chi connectivity index (χ0n) is 13.5. The molecule has 0 aliphatic heterocycles. The van der Waals surface area contributed by atoms with Crippen LogP contribution in [0.5, 0.6) is 5.75 Å². The van der Waals surface area contributed by atoms with Gasteiger partial charge in [-0.2, -0.15) is 0 Å². The molecule has 5 heteroatoms. The molecule has 5 nitrogen and oxygen atoms in total. The van der Waals surface area contributed by atoms with E-state index in [0.29, 0.717) is 23.1 Å². The van der Waals surface area contributed by atoms with Gasteiger partial charge in [-0.15, -0.1) is 0 Å². The van der Waals surface area contributed by atoms with Gasteiger partial charge < -0.3 is 10.1 Å². The van der Waals surface area contributed by atoms with Crippen LogP contribution in [0.15, 0.2) is 30.5 Å². The molecule has 0 atom stereocenters. The van der Waals surface area contributed by atoms with Crippen molar-refractivity contribution in [1.82, 2.24) is 15.3 Å². The normalized spacial score (nSPS) is 14.7. The predicted octanol–water partition coefficient (Wildman–Crippen LogP) is 3.13. The van der Waals surface area contributed by atoms with E-state index in [1.165, 1.54) is 12.8 Å². The third-order valence-electron chi connectivity index (χ3n) is 4.26. The molecule has 2 aromatic rings. The summed E-state index contributed by atoms with van der Waals surface area (Å²) in [6.45, 7) is 1.85. The summed E-state index contributed by atoms with van der Waals surface area (Å²) in [6.07, 6.45) is 6.13. The number of hydrogen-bond acceptors (Lipinski definition) is 4. The first-order chi connectivity index (χ1) is 11.2. The van der Waals surface area contributed by atoms with Gasteiger partial charge in [-0.05, 0) is 44.0 Å². The minimum Gasteiger partial charge on any atom is -0.497 e. The molecule has 0 saturated heterocycles. The molecule has 120 valence electrons. The largest absolute Gasteiger partial charge is 0.497 e. The number of amides is 1. The summed E-state index contributed by atoms with van der Waals surface area (Å²) in [5.74, 6) is 1.33. The fourth-order valence-corrected chi connectivity index (χ4v) is 2.90. The van der Waals surface area contributed by atoms with Crippen LogP contribution in [0.4, 0.5) is 0 Å². The zero-order chi connectivity index (χ0) is 16.2. The monoisotopic (exact) mass is 311 g/mol. The Morgan fingerprint density at radius 3 is 2.52 bits per heavy atom. The topological polar surface area (TPSA) is 64.1 Å². The molecule has 1 heterocycles. The van der Waals surface area contributed by atoms with Crippen LogP contribution in [-0.2, 0) is 0 Å². The maximum absolute atomic E-state index is 12.3. The van der Waals surface area contributed by atoms with E-state index in [0.717, 1.165) is 24.2 Å². The number of carbonyl (C=O) groups excluding carboxylic acids is 1. The maximum atomic E-state index is 12.3. The van der Waals surface area contributed by atoms with Crippen LogP contribution < -0.4 is 10.1 Å². The number of ether oxygens (including phenoxy) is 1. The maximum Gasteiger partial charge on any atom is 0.254 e. The third-order valence-corrected chi connectivity index (χ3v) is 4.26. The van der Waals surface area contributed by atoms with Gasteiger partial charge in [-0.25, -0.2) is 9.97 Å². The fourth-order valence-electron chi connectivity index (χ4n) is 2.90. The van der Waals surface area contributed by atoms with Gasteiger partial charge in [0.15, 0.2) is 5.82 Å². The van der Waals surface area contributed by atoms with Gasteiger partial charge in [0, 0.05) is 17.8 Å². The number of nitrogens with zero attached hydrogens (tertiary/aromatic N) is 2. The molecule has 3 rings (SSSR count). The second-order valence-electron chi connectivity index (χ2n) is 5.88. The molecule has 1 aromatic carbocycles. The molecular weight excluding hydrogens is 290 g/mol. The van der Waals surface area contributed by atoms with E-state index in [9.17, 15) is 4.79 Å². The van der Waals surface area contributed by atoms with E-state index in [4.69, 9.17) is 4.74 Å². The van der Waals surface area contributed by atoms with Gasteiger partial charge in [0.1, 0.15) is 5.75 Å². The number of nitrogens with one attached hydrogen (secondary N) is 1. The smallest absolute Gasteiger partial charge is 0.254 e. The second kappa shape index (κ2) is 6.77. The highest BCUT2D eigenvalue weighted by molar-refractivity contribution is 5.95. The number of hydrogen-bond donors (Lipinski definition) is 1. The standard InChI is InChI=1S/C18H21N3O2/c1-12-16(18(22)21-14-5-3-4-6-14)11-19-17(20-12)13-7-9-15(23-2)10-8-13/h7-11,14H,3-6H2,1-2H3,(H,21,22). The number of benzene rings is 1. The molecule has 1 N–H and O–H groups in total. The number of aromatic nitrogens is 2. The number of rotatable bonds is 4. The van der Waals surface area contributed by atoms with Crippen molar-refractivity contribution in [1.29, 1.82) is 0 Å². The Hall–Kier alpha value is -2.43. The molecule has 1 saturated carbocycles. The van der Waals surface area contributed by atoms with E-state index < -0.39 is 0 Å². The summed E-state index contributed by atoms with van der Waals surface area (Å²) in [4.78, 5) is 21.2. The highest BCUT2D eigenvalue weighted by atomic mass is 16.5. The summed E-state index contributed by atoms with van der Waals surface area (Å²) in [5, 5.41) is 3.07. The van der Waals surface area contributed by atoms with Crippen molar-refractivity contribution in [2.75, 3.05) is 7.11 Å². The molecule has 1 aliphatic carbocycles. The highest BCUT2D eigenvalue weighted by Gasteiger charge is 2.20. The lowest BCUT2D eigenvalue weighted by atomic mass is 10.1. The molecule has 0 bridgehead atoms. The van der Waals surface area contributed by atoms with Crippen LogP contribution in [0.3, 0.4) is 0 Å². The Morgan fingerprint density at radius 1 is 1.22 bits per heavy atom. The lowest BCUT2D eigenvalue weighted by molar-refractivity contribution is 0.0936. The number of carbonyl (C=O) groups is 1. The van der Waals surface area contributed by atoms with Gasteiger partial charge in [0.05, 0.1) is 18.4 Å². The Morgan fingerprint density at radius 2 is 1.91 bits per heavy atom. The van der Waals surface area contributed by atoms with E-state index in [1.807, 2.05) is 31.2 Å². The molecule has 1 fully saturated rings. The minimum atomic E-state index is -0.0734. The fraction of sp³-hybridized carbons (Fsp3) is 0.389. The SMILES string of the molecule is COc1ccc(-c2ncc(C(=O)NC3CCCC3)c(C)n2)cc1. The first-order valence-corrected chi connectivity index (χ1v) is 7.96. The molecule has 0 radical (unpaired) electrons. The van der Waals surface area contributed by atoms with Gasteiger partial charge >= 0.3 is 0 Å². The van der Waals surface area contributed by atoms with Crippen molar-refractivity contribution in [3.05, 3.63) is 41.7 Å². The summed E-state index contributed by atoms with van der Waals surface area (Å²) >= 11 is 0. The first kappa shape index (κ1) is 15.5. The Kier molecular flexibility index (Phi) is 4.55. The average Bonchev–Trinajstić information content (AvgIpc) is 3.07. The van der Waals surface area contributed by atoms with Crippen LogP contribution in [0.1, 0.15) is 41.7 Å². The highest BCUT2D eigenvalue weighted by Crippen LogP contribution is 2.21. The van der Waals surface area contributed by atoms with E-state index >= 15 is 0 Å². The molecule has 0 unspecified atom stereocenters. The van der Waals surface area contributed by atoms with Crippen molar-refractivity contribution < 1.29 is 9.53 Å². The minimum absolute atomic E-state index is 0.0734. The average molecular weight is 311 g/mol. The molecule has 1 aliphatic rings. The van der Waals surface area contributed by atoms with Gasteiger partial charge in [-0.1, -0.05) is 12.8 Å². The Labute approximate surface area is 136 Å². The molecule has 1 amide bonds. The molecule has 1 aromatic heterocycles. The molecular formula is C18H21N3O2. The molecule has 23 heavy (non-hydrogen) atoms. The van der Waals surface area contributed by atoms with Crippen LogP contribution in [-0.4, -0.2) is 29.0 Å². The lowest BCUT2D eigenvalue weighted by Gasteiger charge is -2.13. The van der Waals surface area contributed by atoms with Gasteiger partial charge in [0.2, 0.25) is 0 Å².